The fourth-order valence-corrected chi connectivity index (χ4v) is 2.72. The number of halogens is 1. The minimum absolute atomic E-state index is 0.166. The third kappa shape index (κ3) is 7.95. The molecule has 6 nitrogen and oxygen atoms in total. The first-order valence-corrected chi connectivity index (χ1v) is 9.79. The van der Waals surface area contributed by atoms with Crippen LogP contribution in [-0.4, -0.2) is 30.7 Å². The van der Waals surface area contributed by atoms with Crippen LogP contribution >= 0.6 is 11.6 Å². The van der Waals surface area contributed by atoms with Crippen LogP contribution in [0.4, 0.5) is 0 Å². The predicted molar refractivity (Wildman–Crippen MR) is 115 cm³/mol. The fraction of sp³-hybridized carbons (Fsp3) is 0.318. The van der Waals surface area contributed by atoms with Gasteiger partial charge in [0, 0.05) is 5.02 Å². The van der Waals surface area contributed by atoms with Crippen molar-refractivity contribution in [2.45, 2.75) is 33.2 Å². The van der Waals surface area contributed by atoms with Crippen LogP contribution in [0.1, 0.15) is 31.4 Å². The lowest BCUT2D eigenvalue weighted by Gasteiger charge is -2.19. The molecule has 0 aliphatic rings. The molecule has 2 aromatic carbocycles. The van der Waals surface area contributed by atoms with Gasteiger partial charge in [0.25, 0.3) is 11.8 Å². The quantitative estimate of drug-likeness (QED) is 0.484. The van der Waals surface area contributed by atoms with Crippen LogP contribution in [0.2, 0.25) is 5.02 Å². The second-order valence-corrected chi connectivity index (χ2v) is 7.53. The molecule has 2 aromatic rings. The Morgan fingerprint density at radius 2 is 1.83 bits per heavy atom. The maximum Gasteiger partial charge on any atom is 0.262 e. The van der Waals surface area contributed by atoms with Gasteiger partial charge in [-0.25, -0.2) is 5.43 Å². The number of nitrogens with one attached hydrogen (secondary N) is 2. The van der Waals surface area contributed by atoms with Gasteiger partial charge in [-0.1, -0.05) is 55.8 Å². The Hall–Kier alpha value is -2.86. The van der Waals surface area contributed by atoms with Crippen molar-refractivity contribution in [2.24, 2.45) is 11.0 Å². The molecule has 0 bridgehead atoms. The molecule has 0 saturated heterocycles. The van der Waals surface area contributed by atoms with Crippen molar-refractivity contribution in [2.75, 3.05) is 6.61 Å². The van der Waals surface area contributed by atoms with Crippen LogP contribution in [0.5, 0.6) is 5.75 Å². The van der Waals surface area contributed by atoms with Gasteiger partial charge in [-0.05, 0) is 48.6 Å². The first-order valence-electron chi connectivity index (χ1n) is 9.41. The standard InChI is InChI=1S/C22H26ClN3O3/c1-15(2)12-19(22(28)26-24-13-17-8-10-18(23)11-9-17)25-21(27)14-29-20-7-5-4-6-16(20)3/h4-11,13,15,19H,12,14H2,1-3H3,(H,25,27)(H,26,28)/b24-13-/t19-/m1/s1. The molecule has 0 unspecified atom stereocenters. The summed E-state index contributed by atoms with van der Waals surface area (Å²) in [5.41, 5.74) is 4.22. The van der Waals surface area contributed by atoms with Gasteiger partial charge in [-0.2, -0.15) is 5.10 Å². The van der Waals surface area contributed by atoms with Crippen molar-refractivity contribution in [3.63, 3.8) is 0 Å². The first-order chi connectivity index (χ1) is 13.8. The van der Waals surface area contributed by atoms with Gasteiger partial charge in [-0.3, -0.25) is 9.59 Å². The largest absolute Gasteiger partial charge is 0.484 e. The van der Waals surface area contributed by atoms with E-state index in [1.165, 1.54) is 6.21 Å². The number of carbonyl (C=O) groups excluding carboxylic acids is 2. The number of ether oxygens (including phenoxy) is 1. The van der Waals surface area contributed by atoms with Crippen LogP contribution in [0.25, 0.3) is 0 Å². The van der Waals surface area contributed by atoms with Crippen molar-refractivity contribution >= 4 is 29.6 Å². The Morgan fingerprint density at radius 1 is 1.14 bits per heavy atom. The number of benzene rings is 2. The summed E-state index contributed by atoms with van der Waals surface area (Å²) < 4.78 is 5.55. The van der Waals surface area contributed by atoms with Gasteiger partial charge in [0.1, 0.15) is 11.8 Å². The van der Waals surface area contributed by atoms with Crippen LogP contribution in [0.15, 0.2) is 53.6 Å². The summed E-state index contributed by atoms with van der Waals surface area (Å²) in [6, 6.07) is 13.8. The van der Waals surface area contributed by atoms with E-state index in [1.807, 2.05) is 39.0 Å². The Bertz CT molecular complexity index is 851. The maximum atomic E-state index is 12.5. The van der Waals surface area contributed by atoms with Gasteiger partial charge in [0.2, 0.25) is 0 Å². The highest BCUT2D eigenvalue weighted by molar-refractivity contribution is 6.30. The van der Waals surface area contributed by atoms with Gasteiger partial charge in [0.05, 0.1) is 6.21 Å². The zero-order valence-corrected chi connectivity index (χ0v) is 17.6. The first kappa shape index (κ1) is 22.4. The summed E-state index contributed by atoms with van der Waals surface area (Å²) in [4.78, 5) is 24.8. The number of hydrazone groups is 1. The monoisotopic (exact) mass is 415 g/mol. The molecule has 0 heterocycles. The van der Waals surface area contributed by atoms with Crippen LogP contribution in [-0.2, 0) is 9.59 Å². The Kier molecular flexibility index (Phi) is 8.68. The van der Waals surface area contributed by atoms with E-state index in [-0.39, 0.29) is 24.3 Å². The zero-order valence-electron chi connectivity index (χ0n) is 16.8. The number of para-hydroxylation sites is 1. The summed E-state index contributed by atoms with van der Waals surface area (Å²) in [6.07, 6.45) is 2.00. The van der Waals surface area contributed by atoms with Gasteiger partial charge in [-0.15, -0.1) is 0 Å². The molecule has 7 heteroatoms. The van der Waals surface area contributed by atoms with Crippen LogP contribution in [0.3, 0.4) is 0 Å². The van der Waals surface area contributed by atoms with Crippen molar-refractivity contribution in [1.29, 1.82) is 0 Å². The van der Waals surface area contributed by atoms with Gasteiger partial charge >= 0.3 is 0 Å². The minimum atomic E-state index is -0.703. The highest BCUT2D eigenvalue weighted by Crippen LogP contribution is 2.16. The molecule has 0 aliphatic heterocycles. The SMILES string of the molecule is Cc1ccccc1OCC(=O)N[C@H](CC(C)C)C(=O)N/N=C\c1ccc(Cl)cc1. The number of nitrogens with zero attached hydrogens (tertiary/aromatic N) is 1. The van der Waals surface area contributed by atoms with E-state index in [2.05, 4.69) is 15.8 Å². The topological polar surface area (TPSA) is 79.8 Å². The molecule has 0 aliphatic carbocycles. The summed E-state index contributed by atoms with van der Waals surface area (Å²) in [6.45, 7) is 5.70. The molecule has 0 aromatic heterocycles. The van der Waals surface area contributed by atoms with E-state index in [1.54, 1.807) is 30.3 Å². The lowest BCUT2D eigenvalue weighted by atomic mass is 10.0. The van der Waals surface area contributed by atoms with E-state index >= 15 is 0 Å². The lowest BCUT2D eigenvalue weighted by Crippen LogP contribution is -2.47. The van der Waals surface area contributed by atoms with E-state index in [0.717, 1.165) is 11.1 Å². The summed E-state index contributed by atoms with van der Waals surface area (Å²) in [7, 11) is 0. The summed E-state index contributed by atoms with van der Waals surface area (Å²) >= 11 is 5.84. The highest BCUT2D eigenvalue weighted by Gasteiger charge is 2.22. The van der Waals surface area contributed by atoms with Crippen molar-refractivity contribution < 1.29 is 14.3 Å². The van der Waals surface area contributed by atoms with Gasteiger partial charge in [0.15, 0.2) is 6.61 Å². The number of aryl methyl sites for hydroxylation is 1. The maximum absolute atomic E-state index is 12.5. The van der Waals surface area contributed by atoms with Crippen molar-refractivity contribution in [1.82, 2.24) is 10.7 Å². The average molecular weight is 416 g/mol. The molecule has 0 saturated carbocycles. The van der Waals surface area contributed by atoms with E-state index in [0.29, 0.717) is 17.2 Å². The molecule has 2 N–H and O–H groups in total. The molecule has 1 atom stereocenters. The molecule has 154 valence electrons. The van der Waals surface area contributed by atoms with Crippen LogP contribution < -0.4 is 15.5 Å². The molecule has 2 amide bonds. The minimum Gasteiger partial charge on any atom is -0.484 e. The average Bonchev–Trinajstić information content (AvgIpc) is 2.68. The Morgan fingerprint density at radius 3 is 2.48 bits per heavy atom. The smallest absolute Gasteiger partial charge is 0.262 e. The van der Waals surface area contributed by atoms with Crippen molar-refractivity contribution in [3.8, 4) is 5.75 Å². The molecule has 0 radical (unpaired) electrons. The van der Waals surface area contributed by atoms with E-state index in [4.69, 9.17) is 16.3 Å². The molecular weight excluding hydrogens is 390 g/mol. The fourth-order valence-electron chi connectivity index (χ4n) is 2.60. The van der Waals surface area contributed by atoms with Crippen molar-refractivity contribution in [3.05, 3.63) is 64.7 Å². The Labute approximate surface area is 176 Å². The summed E-state index contributed by atoms with van der Waals surface area (Å²) in [5.74, 6) is 0.104. The molecule has 0 fully saturated rings. The van der Waals surface area contributed by atoms with E-state index < -0.39 is 6.04 Å². The molecular formula is C22H26ClN3O3. The predicted octanol–water partition coefficient (Wildman–Crippen LogP) is 3.71. The van der Waals surface area contributed by atoms with Crippen LogP contribution in [0, 0.1) is 12.8 Å². The third-order valence-corrected chi connectivity index (χ3v) is 4.32. The number of rotatable bonds is 9. The van der Waals surface area contributed by atoms with E-state index in [9.17, 15) is 9.59 Å². The number of hydrogen-bond acceptors (Lipinski definition) is 4. The zero-order chi connectivity index (χ0) is 21.2. The highest BCUT2D eigenvalue weighted by atomic mass is 35.5. The summed E-state index contributed by atoms with van der Waals surface area (Å²) in [5, 5.41) is 7.31. The number of amides is 2. The number of hydrogen-bond donors (Lipinski definition) is 2. The number of carbonyl (C=O) groups is 2. The normalized spacial score (nSPS) is 12.0. The molecule has 29 heavy (non-hydrogen) atoms. The lowest BCUT2D eigenvalue weighted by molar-refractivity contribution is -0.130. The second kappa shape index (κ2) is 11.2. The Balaban J connectivity index is 1.91. The molecule has 2 rings (SSSR count). The molecule has 0 spiro atoms. The second-order valence-electron chi connectivity index (χ2n) is 7.09. The third-order valence-electron chi connectivity index (χ3n) is 4.07. The van der Waals surface area contributed by atoms with Gasteiger partial charge < -0.3 is 10.1 Å².